The molecule has 1 saturated carbocycles. The molecule has 2 aliphatic rings. The van der Waals surface area contributed by atoms with Crippen LogP contribution in [0.3, 0.4) is 0 Å². The zero-order valence-corrected chi connectivity index (χ0v) is 14.2. The summed E-state index contributed by atoms with van der Waals surface area (Å²) in [4.78, 5) is 15.3. The van der Waals surface area contributed by atoms with Crippen molar-refractivity contribution in [3.8, 4) is 5.75 Å². The second-order valence-corrected chi connectivity index (χ2v) is 6.84. The molecule has 0 atom stereocenters. The number of benzene rings is 1. The number of carbonyl (C=O) groups excluding carboxylic acids is 1. The number of halogens is 1. The lowest BCUT2D eigenvalue weighted by molar-refractivity contribution is -0.135. The number of carbonyl (C=O) groups is 1. The Kier molecular flexibility index (Phi) is 5.72. The molecule has 24 heavy (non-hydrogen) atoms. The van der Waals surface area contributed by atoms with E-state index in [2.05, 4.69) is 10.2 Å². The van der Waals surface area contributed by atoms with E-state index in [1.165, 1.54) is 31.4 Å². The molecule has 1 saturated heterocycles. The highest BCUT2D eigenvalue weighted by Gasteiger charge is 2.45. The lowest BCUT2D eigenvalue weighted by Gasteiger charge is -2.43. The first-order valence-electron chi connectivity index (χ1n) is 9.12. The molecule has 1 aliphatic carbocycles. The van der Waals surface area contributed by atoms with Crippen molar-refractivity contribution in [3.63, 3.8) is 0 Å². The normalized spacial score (nSPS) is 20.7. The summed E-state index contributed by atoms with van der Waals surface area (Å²) in [5.41, 5.74) is -0.301. The van der Waals surface area contributed by atoms with Gasteiger partial charge in [-0.1, -0.05) is 19.3 Å². The van der Waals surface area contributed by atoms with E-state index < -0.39 is 0 Å². The van der Waals surface area contributed by atoms with E-state index in [-0.39, 0.29) is 17.3 Å². The van der Waals surface area contributed by atoms with Crippen LogP contribution in [0.25, 0.3) is 0 Å². The highest BCUT2D eigenvalue weighted by Crippen LogP contribution is 2.36. The van der Waals surface area contributed by atoms with Crippen LogP contribution in [0.5, 0.6) is 5.75 Å². The maximum Gasteiger partial charge on any atom is 0.240 e. The Balaban J connectivity index is 1.51. The molecule has 132 valence electrons. The number of nitrogens with zero attached hydrogens (tertiary/aromatic N) is 1. The first-order valence-corrected chi connectivity index (χ1v) is 9.12. The van der Waals surface area contributed by atoms with Crippen molar-refractivity contribution in [2.75, 3.05) is 26.2 Å². The molecule has 2 fully saturated rings. The number of amides is 1. The van der Waals surface area contributed by atoms with Crippen LogP contribution in [0.1, 0.15) is 44.9 Å². The van der Waals surface area contributed by atoms with E-state index in [1.807, 2.05) is 0 Å². The Bertz CT molecular complexity index is 535. The van der Waals surface area contributed by atoms with Crippen LogP contribution in [0.4, 0.5) is 4.39 Å². The van der Waals surface area contributed by atoms with E-state index in [1.54, 1.807) is 12.1 Å². The predicted octanol–water partition coefficient (Wildman–Crippen LogP) is 3.12. The second kappa shape index (κ2) is 7.97. The summed E-state index contributed by atoms with van der Waals surface area (Å²) in [6.45, 7) is 2.96. The van der Waals surface area contributed by atoms with Gasteiger partial charge in [0.25, 0.3) is 0 Å². The van der Waals surface area contributed by atoms with Gasteiger partial charge in [0.15, 0.2) is 0 Å². The molecule has 0 radical (unpaired) electrons. The van der Waals surface area contributed by atoms with Gasteiger partial charge in [-0.05, 0) is 63.0 Å². The van der Waals surface area contributed by atoms with Crippen LogP contribution in [-0.4, -0.2) is 42.6 Å². The minimum Gasteiger partial charge on any atom is -0.492 e. The number of likely N-dealkylation sites (tertiary alicyclic amines) is 1. The third-order valence-electron chi connectivity index (χ3n) is 5.28. The van der Waals surface area contributed by atoms with E-state index in [0.717, 1.165) is 38.8 Å². The number of ether oxygens (including phenoxy) is 1. The number of hydrogen-bond acceptors (Lipinski definition) is 3. The fraction of sp³-hybridized carbons (Fsp3) is 0.632. The quantitative estimate of drug-likeness (QED) is 0.813. The van der Waals surface area contributed by atoms with Crippen molar-refractivity contribution in [2.45, 2.75) is 50.5 Å². The molecule has 4 nitrogen and oxygen atoms in total. The Morgan fingerprint density at radius 2 is 1.75 bits per heavy atom. The topological polar surface area (TPSA) is 41.6 Å². The molecule has 3 rings (SSSR count). The number of rotatable bonds is 6. The Labute approximate surface area is 143 Å². The maximum absolute atomic E-state index is 12.9. The summed E-state index contributed by atoms with van der Waals surface area (Å²) >= 11 is 0. The van der Waals surface area contributed by atoms with Gasteiger partial charge in [0, 0.05) is 0 Å². The summed E-state index contributed by atoms with van der Waals surface area (Å²) in [5.74, 6) is 0.505. The van der Waals surface area contributed by atoms with Crippen molar-refractivity contribution in [1.82, 2.24) is 10.2 Å². The Hall–Kier alpha value is -1.62. The lowest BCUT2D eigenvalue weighted by atomic mass is 9.79. The van der Waals surface area contributed by atoms with Gasteiger partial charge in [0.1, 0.15) is 23.7 Å². The van der Waals surface area contributed by atoms with Gasteiger partial charge in [-0.2, -0.15) is 0 Å². The zero-order valence-electron chi connectivity index (χ0n) is 14.2. The minimum atomic E-state index is -0.301. The average molecular weight is 334 g/mol. The highest BCUT2D eigenvalue weighted by molar-refractivity contribution is 5.86. The second-order valence-electron chi connectivity index (χ2n) is 6.84. The van der Waals surface area contributed by atoms with Gasteiger partial charge in [0.2, 0.25) is 5.91 Å². The molecule has 1 aliphatic heterocycles. The summed E-state index contributed by atoms with van der Waals surface area (Å²) in [6, 6.07) is 5.95. The van der Waals surface area contributed by atoms with Crippen LogP contribution >= 0.6 is 0 Å². The SMILES string of the molecule is O=C(NCCOc1ccc(F)cc1)C1(N2CCCC2)CCCCC1. The molecular formula is C19H27FN2O2. The fourth-order valence-electron chi connectivity index (χ4n) is 4.00. The number of hydrogen-bond donors (Lipinski definition) is 1. The lowest BCUT2D eigenvalue weighted by Crippen LogP contribution is -2.59. The van der Waals surface area contributed by atoms with Crippen LogP contribution in [0.15, 0.2) is 24.3 Å². The first kappa shape index (κ1) is 17.2. The molecule has 5 heteroatoms. The van der Waals surface area contributed by atoms with Crippen molar-refractivity contribution in [2.24, 2.45) is 0 Å². The Morgan fingerprint density at radius 3 is 2.42 bits per heavy atom. The summed E-state index contributed by atoms with van der Waals surface area (Å²) in [5, 5.41) is 3.07. The smallest absolute Gasteiger partial charge is 0.240 e. The van der Waals surface area contributed by atoms with Crippen LogP contribution in [0.2, 0.25) is 0 Å². The third kappa shape index (κ3) is 3.89. The van der Waals surface area contributed by atoms with Gasteiger partial charge in [0.05, 0.1) is 6.54 Å². The van der Waals surface area contributed by atoms with E-state index in [4.69, 9.17) is 4.74 Å². The molecular weight excluding hydrogens is 307 g/mol. The summed E-state index contributed by atoms with van der Waals surface area (Å²) in [7, 11) is 0. The molecule has 0 unspecified atom stereocenters. The molecule has 0 bridgehead atoms. The predicted molar refractivity (Wildman–Crippen MR) is 91.5 cm³/mol. The first-order chi connectivity index (χ1) is 11.7. The maximum atomic E-state index is 12.9. The van der Waals surface area contributed by atoms with Crippen molar-refractivity contribution >= 4 is 5.91 Å². The number of nitrogens with one attached hydrogen (secondary N) is 1. The molecule has 1 amide bonds. The summed E-state index contributed by atoms with van der Waals surface area (Å²) in [6.07, 6.45) is 7.84. The highest BCUT2D eigenvalue weighted by atomic mass is 19.1. The summed E-state index contributed by atoms with van der Waals surface area (Å²) < 4.78 is 18.4. The molecule has 0 spiro atoms. The van der Waals surface area contributed by atoms with E-state index >= 15 is 0 Å². The molecule has 1 heterocycles. The van der Waals surface area contributed by atoms with E-state index in [0.29, 0.717) is 18.9 Å². The van der Waals surface area contributed by atoms with Crippen molar-refractivity contribution in [3.05, 3.63) is 30.1 Å². The van der Waals surface area contributed by atoms with Gasteiger partial charge in [-0.15, -0.1) is 0 Å². The fourth-order valence-corrected chi connectivity index (χ4v) is 4.00. The van der Waals surface area contributed by atoms with Crippen LogP contribution in [0, 0.1) is 5.82 Å². The monoisotopic (exact) mass is 334 g/mol. The van der Waals surface area contributed by atoms with Gasteiger partial charge < -0.3 is 10.1 Å². The van der Waals surface area contributed by atoms with Crippen molar-refractivity contribution < 1.29 is 13.9 Å². The van der Waals surface area contributed by atoms with Gasteiger partial charge >= 0.3 is 0 Å². The molecule has 1 aromatic carbocycles. The standard InChI is InChI=1S/C19H27FN2O2/c20-16-6-8-17(9-7-16)24-15-12-21-18(23)19(10-2-1-3-11-19)22-13-4-5-14-22/h6-9H,1-5,10-15H2,(H,21,23). The van der Waals surface area contributed by atoms with E-state index in [9.17, 15) is 9.18 Å². The van der Waals surface area contributed by atoms with Gasteiger partial charge in [-0.3, -0.25) is 9.69 Å². The van der Waals surface area contributed by atoms with Gasteiger partial charge in [-0.25, -0.2) is 4.39 Å². The Morgan fingerprint density at radius 1 is 1.08 bits per heavy atom. The largest absolute Gasteiger partial charge is 0.492 e. The zero-order chi connectivity index (χ0) is 16.8. The molecule has 1 aromatic rings. The van der Waals surface area contributed by atoms with Crippen molar-refractivity contribution in [1.29, 1.82) is 0 Å². The third-order valence-corrected chi connectivity index (χ3v) is 5.28. The van der Waals surface area contributed by atoms with Crippen LogP contribution in [-0.2, 0) is 4.79 Å². The average Bonchev–Trinajstić information content (AvgIpc) is 3.16. The molecule has 1 N–H and O–H groups in total. The minimum absolute atomic E-state index is 0.159. The molecule has 0 aromatic heterocycles. The van der Waals surface area contributed by atoms with Crippen LogP contribution < -0.4 is 10.1 Å².